The SMILES string of the molecule is Cc1ncsc1-c1ccc([C@H](C)NC(=O)[C@@H]2C[C@@H](O)CN2C(=O)C(c2cc(COC(=O)N3CCC(N4CCN5c6cc(-c7ccccc7O)nnc6NC[C@H]5C4)CC3)no2)C(C)C)cc1. The number of phenols is 1. The topological polar surface area (TPSA) is 203 Å². The minimum Gasteiger partial charge on any atom is -0.507 e. The number of nitrogens with zero attached hydrogens (tertiary/aromatic N) is 8. The Labute approximate surface area is 381 Å². The van der Waals surface area contributed by atoms with E-state index in [1.165, 1.54) is 4.90 Å². The van der Waals surface area contributed by atoms with E-state index in [9.17, 15) is 24.6 Å². The molecule has 17 nitrogen and oxygen atoms in total. The van der Waals surface area contributed by atoms with Gasteiger partial charge in [-0.25, -0.2) is 9.78 Å². The summed E-state index contributed by atoms with van der Waals surface area (Å²) in [7, 11) is 0. The number of piperazine rings is 1. The molecule has 9 rings (SSSR count). The fourth-order valence-electron chi connectivity index (χ4n) is 9.76. The number of phenolic OH excluding ortho intramolecular Hbond substituents is 1. The molecule has 5 aromatic rings. The van der Waals surface area contributed by atoms with Gasteiger partial charge in [-0.2, -0.15) is 0 Å². The number of aliphatic hydroxyl groups is 1. The summed E-state index contributed by atoms with van der Waals surface area (Å²) in [4.78, 5) is 54.8. The summed E-state index contributed by atoms with van der Waals surface area (Å²) < 4.78 is 11.4. The molecule has 0 aliphatic carbocycles. The molecule has 4 aliphatic heterocycles. The first kappa shape index (κ1) is 44.1. The highest BCUT2D eigenvalue weighted by atomic mass is 32.1. The number of rotatable bonds is 11. The van der Waals surface area contributed by atoms with Gasteiger partial charge in [-0.3, -0.25) is 14.5 Å². The Morgan fingerprint density at radius 1 is 0.985 bits per heavy atom. The average molecular weight is 905 g/mol. The lowest BCUT2D eigenvalue weighted by atomic mass is 9.91. The van der Waals surface area contributed by atoms with Gasteiger partial charge in [-0.15, -0.1) is 21.5 Å². The maximum atomic E-state index is 14.2. The molecule has 0 saturated carbocycles. The predicted molar refractivity (Wildman–Crippen MR) is 244 cm³/mol. The van der Waals surface area contributed by atoms with Crippen LogP contribution in [0.4, 0.5) is 16.3 Å². The van der Waals surface area contributed by atoms with Crippen LogP contribution in [0.1, 0.15) is 74.7 Å². The van der Waals surface area contributed by atoms with E-state index in [1.807, 2.05) is 75.7 Å². The molecule has 3 fully saturated rings. The molecule has 3 amide bonds. The highest BCUT2D eigenvalue weighted by Crippen LogP contribution is 2.37. The number of likely N-dealkylation sites (tertiary alicyclic amines) is 2. The summed E-state index contributed by atoms with van der Waals surface area (Å²) in [5, 5.41) is 40.6. The number of aromatic nitrogens is 4. The number of fused-ring (bicyclic) bond motifs is 3. The van der Waals surface area contributed by atoms with Crippen molar-refractivity contribution >= 4 is 40.7 Å². The molecule has 7 heterocycles. The number of piperidine rings is 1. The minimum atomic E-state index is -0.861. The van der Waals surface area contributed by atoms with Crippen LogP contribution >= 0.6 is 11.3 Å². The summed E-state index contributed by atoms with van der Waals surface area (Å²) in [5.74, 6) is -0.448. The molecule has 3 saturated heterocycles. The van der Waals surface area contributed by atoms with Crippen LogP contribution in [0.2, 0.25) is 0 Å². The highest BCUT2D eigenvalue weighted by Gasteiger charge is 2.44. The molecule has 5 atom stereocenters. The second kappa shape index (κ2) is 18.8. The lowest BCUT2D eigenvalue weighted by Gasteiger charge is -2.49. The number of ether oxygens (including phenoxy) is 1. The minimum absolute atomic E-state index is 0.0214. The lowest BCUT2D eigenvalue weighted by molar-refractivity contribution is -0.141. The van der Waals surface area contributed by atoms with Crippen molar-refractivity contribution in [1.82, 2.24) is 40.4 Å². The van der Waals surface area contributed by atoms with Crippen LogP contribution in [-0.2, 0) is 20.9 Å². The number of thiazole rings is 1. The third kappa shape index (κ3) is 9.24. The van der Waals surface area contributed by atoms with Gasteiger partial charge in [0.15, 0.2) is 5.82 Å². The molecular formula is C47H56N10O7S. The summed E-state index contributed by atoms with van der Waals surface area (Å²) in [6.45, 7) is 12.0. The van der Waals surface area contributed by atoms with Crippen molar-refractivity contribution in [2.75, 3.05) is 56.0 Å². The second-order valence-electron chi connectivity index (χ2n) is 17.9. The first-order valence-corrected chi connectivity index (χ1v) is 23.4. The third-order valence-corrected chi connectivity index (χ3v) is 14.3. The van der Waals surface area contributed by atoms with Gasteiger partial charge in [-0.1, -0.05) is 55.4 Å². The quantitative estimate of drug-likeness (QED) is 0.128. The van der Waals surface area contributed by atoms with Crippen molar-refractivity contribution in [3.8, 4) is 27.4 Å². The molecule has 0 radical (unpaired) electrons. The van der Waals surface area contributed by atoms with Crippen molar-refractivity contribution in [1.29, 1.82) is 0 Å². The zero-order chi connectivity index (χ0) is 45.4. The van der Waals surface area contributed by atoms with E-state index >= 15 is 0 Å². The van der Waals surface area contributed by atoms with Crippen LogP contribution in [0.25, 0.3) is 21.7 Å². The van der Waals surface area contributed by atoms with Crippen LogP contribution in [0.15, 0.2) is 70.7 Å². The van der Waals surface area contributed by atoms with Gasteiger partial charge in [0.2, 0.25) is 11.8 Å². The van der Waals surface area contributed by atoms with Gasteiger partial charge in [0.1, 0.15) is 35.8 Å². The van der Waals surface area contributed by atoms with Crippen LogP contribution in [0, 0.1) is 12.8 Å². The molecule has 0 spiro atoms. The smallest absolute Gasteiger partial charge is 0.410 e. The van der Waals surface area contributed by atoms with E-state index in [4.69, 9.17) is 9.26 Å². The van der Waals surface area contributed by atoms with E-state index < -0.39 is 24.2 Å². The van der Waals surface area contributed by atoms with Crippen LogP contribution in [0.5, 0.6) is 5.75 Å². The maximum Gasteiger partial charge on any atom is 0.410 e. The van der Waals surface area contributed by atoms with E-state index in [0.29, 0.717) is 41.8 Å². The molecule has 4 aliphatic rings. The van der Waals surface area contributed by atoms with Crippen molar-refractivity contribution in [3.63, 3.8) is 0 Å². The van der Waals surface area contributed by atoms with E-state index in [1.54, 1.807) is 34.4 Å². The van der Waals surface area contributed by atoms with Gasteiger partial charge < -0.3 is 44.8 Å². The van der Waals surface area contributed by atoms with Gasteiger partial charge in [-0.05, 0) is 61.9 Å². The zero-order valence-corrected chi connectivity index (χ0v) is 37.9. The Morgan fingerprint density at radius 2 is 1.77 bits per heavy atom. The number of aliphatic hydroxyl groups excluding tert-OH is 1. The third-order valence-electron chi connectivity index (χ3n) is 13.3. The number of benzene rings is 2. The number of β-amino-alcohol motifs (C(OH)–C–C–N with tert-alkyl or cyclic N) is 1. The summed E-state index contributed by atoms with van der Waals surface area (Å²) in [6, 6.07) is 18.2. The first-order valence-electron chi connectivity index (χ1n) is 22.5. The Kier molecular flexibility index (Phi) is 12.7. The Balaban J connectivity index is 0.756. The van der Waals surface area contributed by atoms with Crippen LogP contribution in [0.3, 0.4) is 0 Å². The Hall–Kier alpha value is -6.11. The molecule has 4 N–H and O–H groups in total. The number of carbonyl (C=O) groups excluding carboxylic acids is 3. The summed E-state index contributed by atoms with van der Waals surface area (Å²) >= 11 is 1.58. The number of carbonyl (C=O) groups is 3. The average Bonchev–Trinajstić information content (AvgIpc) is 4.08. The standard InChI is InChI=1S/C47H56N10O7S/c1-27(2)42(46(61)57-24-35(58)20-39(57)45(60)50-28(3)30-9-11-31(12-10-30)43-29(4)49-26-65-43)41-19-32(53-64-41)25-63-47(62)54-15-13-33(14-16-54)55-17-18-56-34(23-55)22-48-44-38(56)21-37(51-52-44)36-7-5-6-8-40(36)59/h5-12,19,21,26-28,33-35,39,42,58-59H,13-18,20,22-25H2,1-4H3,(H,48,52)(H,50,60)/t28-,34-,35+,39-,42?/m0/s1. The van der Waals surface area contributed by atoms with Gasteiger partial charge in [0.05, 0.1) is 45.7 Å². The number of anilines is 2. The molecule has 3 aromatic heterocycles. The fourth-order valence-corrected chi connectivity index (χ4v) is 10.6. The molecule has 1 unspecified atom stereocenters. The number of amides is 3. The van der Waals surface area contributed by atoms with Crippen molar-refractivity contribution < 1.29 is 33.9 Å². The lowest BCUT2D eigenvalue weighted by Crippen LogP contribution is -2.61. The molecule has 342 valence electrons. The normalized spacial score (nSPS) is 21.1. The molecule has 18 heteroatoms. The predicted octanol–water partition coefficient (Wildman–Crippen LogP) is 5.57. The zero-order valence-electron chi connectivity index (χ0n) is 37.1. The molecular weight excluding hydrogens is 849 g/mol. The van der Waals surface area contributed by atoms with Gasteiger partial charge in [0.25, 0.3) is 0 Å². The Bertz CT molecular complexity index is 2510. The maximum absolute atomic E-state index is 14.2. The van der Waals surface area contributed by atoms with E-state index in [0.717, 1.165) is 72.2 Å². The monoisotopic (exact) mass is 904 g/mol. The molecule has 65 heavy (non-hydrogen) atoms. The fraction of sp³-hybridized carbons (Fsp3) is 0.468. The number of aryl methyl sites for hydroxylation is 1. The van der Waals surface area contributed by atoms with Gasteiger partial charge >= 0.3 is 6.09 Å². The number of aromatic hydroxyl groups is 1. The number of para-hydroxylation sites is 1. The van der Waals surface area contributed by atoms with Crippen LogP contribution < -0.4 is 15.5 Å². The van der Waals surface area contributed by atoms with Crippen molar-refractivity contribution in [3.05, 3.63) is 88.9 Å². The number of nitrogens with one attached hydrogen (secondary N) is 2. The number of hydrogen-bond acceptors (Lipinski definition) is 15. The number of hydrogen-bond donors (Lipinski definition) is 4. The van der Waals surface area contributed by atoms with E-state index in [2.05, 4.69) is 40.8 Å². The first-order chi connectivity index (χ1) is 31.4. The largest absolute Gasteiger partial charge is 0.507 e. The Morgan fingerprint density at radius 3 is 2.51 bits per heavy atom. The molecule has 0 bridgehead atoms. The molecule has 2 aromatic carbocycles. The summed E-state index contributed by atoms with van der Waals surface area (Å²) in [5.41, 5.74) is 7.41. The van der Waals surface area contributed by atoms with Crippen molar-refractivity contribution in [2.24, 2.45) is 5.92 Å². The highest BCUT2D eigenvalue weighted by molar-refractivity contribution is 7.13. The van der Waals surface area contributed by atoms with E-state index in [-0.39, 0.29) is 55.1 Å². The summed E-state index contributed by atoms with van der Waals surface area (Å²) in [6.07, 6.45) is 0.491. The second-order valence-corrected chi connectivity index (χ2v) is 18.8. The van der Waals surface area contributed by atoms with Crippen LogP contribution in [-0.4, -0.2) is 133 Å². The van der Waals surface area contributed by atoms with Crippen molar-refractivity contribution in [2.45, 2.75) is 89.8 Å². The van der Waals surface area contributed by atoms with Gasteiger partial charge in [0, 0.05) is 69.9 Å².